The van der Waals surface area contributed by atoms with Gasteiger partial charge in [0.05, 0.1) is 11.7 Å². The quantitative estimate of drug-likeness (QED) is 0.804. The Morgan fingerprint density at radius 1 is 1.25 bits per heavy atom. The van der Waals surface area contributed by atoms with Gasteiger partial charge in [-0.1, -0.05) is 6.07 Å². The summed E-state index contributed by atoms with van der Waals surface area (Å²) in [5.41, 5.74) is 2.97. The number of hydrogen-bond acceptors (Lipinski definition) is 6. The number of anilines is 1. The molecule has 0 radical (unpaired) electrons. The van der Waals surface area contributed by atoms with Gasteiger partial charge in [0, 0.05) is 19.9 Å². The molecule has 0 spiro atoms. The predicted molar refractivity (Wildman–Crippen MR) is 74.8 cm³/mol. The van der Waals surface area contributed by atoms with Crippen LogP contribution in [0.3, 0.4) is 0 Å². The normalized spacial score (nSPS) is 12.7. The minimum Gasteiger partial charge on any atom is -0.377 e. The highest BCUT2D eigenvalue weighted by Gasteiger charge is 2.16. The minimum atomic E-state index is -0.312. The smallest absolute Gasteiger partial charge is 0.176 e. The third-order valence-electron chi connectivity index (χ3n) is 3.07. The molecule has 0 fully saturated rings. The van der Waals surface area contributed by atoms with Crippen LogP contribution in [0.15, 0.2) is 24.5 Å². The van der Waals surface area contributed by atoms with E-state index in [1.54, 1.807) is 25.2 Å². The van der Waals surface area contributed by atoms with E-state index >= 15 is 0 Å². The molecule has 2 rings (SSSR count). The summed E-state index contributed by atoms with van der Waals surface area (Å²) >= 11 is 0. The van der Waals surface area contributed by atoms with Crippen LogP contribution in [0, 0.1) is 6.92 Å². The second kappa shape index (κ2) is 6.44. The molecule has 1 atom stereocenters. The Balaban J connectivity index is 2.20. The fraction of sp³-hybridized carbons (Fsp3) is 0.462. The van der Waals surface area contributed by atoms with Crippen LogP contribution < -0.4 is 5.32 Å². The summed E-state index contributed by atoms with van der Waals surface area (Å²) in [6.07, 6.45) is 1.26. The zero-order valence-corrected chi connectivity index (χ0v) is 12.1. The van der Waals surface area contributed by atoms with Gasteiger partial charge < -0.3 is 14.8 Å². The van der Waals surface area contributed by atoms with Crippen molar-refractivity contribution in [2.24, 2.45) is 0 Å². The second-order valence-electron chi connectivity index (χ2n) is 4.53. The van der Waals surface area contributed by atoms with E-state index < -0.39 is 0 Å². The number of methoxy groups -OCH3 is 2. The minimum absolute atomic E-state index is 0.00873. The van der Waals surface area contributed by atoms with Gasteiger partial charge in [-0.2, -0.15) is 0 Å². The lowest BCUT2D eigenvalue weighted by atomic mass is 10.1. The highest BCUT2D eigenvalue weighted by molar-refractivity contribution is 5.54. The average Bonchev–Trinajstić information content (AvgIpc) is 2.96. The lowest BCUT2D eigenvalue weighted by molar-refractivity contribution is -0.109. The Kier molecular flexibility index (Phi) is 4.65. The molecular weight excluding hydrogens is 258 g/mol. The molecule has 1 N–H and O–H groups in total. The maximum Gasteiger partial charge on any atom is 0.176 e. The van der Waals surface area contributed by atoms with E-state index in [0.717, 1.165) is 16.9 Å². The first-order valence-corrected chi connectivity index (χ1v) is 6.32. The Morgan fingerprint density at radius 2 is 2.00 bits per heavy atom. The van der Waals surface area contributed by atoms with Crippen LogP contribution >= 0.6 is 0 Å². The molecule has 0 aliphatic rings. The van der Waals surface area contributed by atoms with E-state index in [0.29, 0.717) is 0 Å². The highest BCUT2D eigenvalue weighted by Crippen LogP contribution is 2.19. The van der Waals surface area contributed by atoms with Crippen molar-refractivity contribution in [2.75, 3.05) is 19.5 Å². The number of aromatic nitrogens is 4. The molecule has 0 aliphatic heterocycles. The summed E-state index contributed by atoms with van der Waals surface area (Å²) < 4.78 is 12.1. The monoisotopic (exact) mass is 277 g/mol. The van der Waals surface area contributed by atoms with Gasteiger partial charge in [0.2, 0.25) is 0 Å². The highest BCUT2D eigenvalue weighted by atomic mass is 16.7. The Hall–Kier alpha value is -1.99. The van der Waals surface area contributed by atoms with Gasteiger partial charge in [-0.15, -0.1) is 5.10 Å². The number of nitrogens with one attached hydrogen (secondary N) is 1. The van der Waals surface area contributed by atoms with Gasteiger partial charge in [0.15, 0.2) is 6.29 Å². The molecule has 1 unspecified atom stereocenters. The summed E-state index contributed by atoms with van der Waals surface area (Å²) in [6, 6.07) is 6.02. The molecule has 20 heavy (non-hydrogen) atoms. The van der Waals surface area contributed by atoms with Crippen LogP contribution in [0.1, 0.15) is 12.5 Å². The van der Waals surface area contributed by atoms with Crippen LogP contribution in [0.4, 0.5) is 5.69 Å². The number of ether oxygens (including phenoxy) is 2. The molecule has 0 bridgehead atoms. The van der Waals surface area contributed by atoms with Crippen LogP contribution in [-0.4, -0.2) is 46.8 Å². The van der Waals surface area contributed by atoms with E-state index in [1.807, 2.05) is 32.0 Å². The van der Waals surface area contributed by atoms with Gasteiger partial charge >= 0.3 is 0 Å². The Labute approximate surface area is 117 Å². The Bertz CT molecular complexity index is 540. The first kappa shape index (κ1) is 14.4. The molecule has 108 valence electrons. The van der Waals surface area contributed by atoms with Crippen molar-refractivity contribution in [3.8, 4) is 5.69 Å². The van der Waals surface area contributed by atoms with E-state index in [1.165, 1.54) is 0 Å². The van der Waals surface area contributed by atoms with Crippen molar-refractivity contribution >= 4 is 5.69 Å². The molecule has 0 saturated carbocycles. The maximum atomic E-state index is 5.24. The number of nitrogens with zero attached hydrogens (tertiary/aromatic N) is 4. The number of tetrazole rings is 1. The third kappa shape index (κ3) is 3.12. The van der Waals surface area contributed by atoms with Crippen LogP contribution in [0.5, 0.6) is 0 Å². The standard InChI is InChI=1S/C13H19N5O2/c1-9-5-6-11(15-10(2)13(19-3)20-4)7-12(9)18-8-14-16-17-18/h5-8,10,13,15H,1-4H3. The predicted octanol–water partition coefficient (Wildman–Crippen LogP) is 1.39. The molecule has 1 heterocycles. The van der Waals surface area contributed by atoms with Crippen molar-refractivity contribution in [1.82, 2.24) is 20.2 Å². The zero-order valence-electron chi connectivity index (χ0n) is 12.1. The van der Waals surface area contributed by atoms with Crippen molar-refractivity contribution in [1.29, 1.82) is 0 Å². The first-order valence-electron chi connectivity index (χ1n) is 6.32. The molecule has 1 aromatic heterocycles. The molecule has 1 aromatic carbocycles. The second-order valence-corrected chi connectivity index (χ2v) is 4.53. The Morgan fingerprint density at radius 3 is 2.60 bits per heavy atom. The van der Waals surface area contributed by atoms with E-state index in [-0.39, 0.29) is 12.3 Å². The molecular formula is C13H19N5O2. The molecule has 0 saturated heterocycles. The molecule has 7 heteroatoms. The summed E-state index contributed by atoms with van der Waals surface area (Å²) in [5.74, 6) is 0. The third-order valence-corrected chi connectivity index (χ3v) is 3.07. The first-order chi connectivity index (χ1) is 9.65. The number of benzene rings is 1. The number of rotatable bonds is 6. The zero-order chi connectivity index (χ0) is 14.5. The molecule has 7 nitrogen and oxygen atoms in total. The lowest BCUT2D eigenvalue weighted by Crippen LogP contribution is -2.33. The van der Waals surface area contributed by atoms with Gasteiger partial charge in [0.25, 0.3) is 0 Å². The largest absolute Gasteiger partial charge is 0.377 e. The fourth-order valence-electron chi connectivity index (χ4n) is 2.05. The van der Waals surface area contributed by atoms with Crippen molar-refractivity contribution in [3.63, 3.8) is 0 Å². The average molecular weight is 277 g/mol. The maximum absolute atomic E-state index is 5.24. The summed E-state index contributed by atoms with van der Waals surface area (Å²) in [4.78, 5) is 0. The SMILES string of the molecule is COC(OC)C(C)Nc1ccc(C)c(-n2cnnn2)c1. The van der Waals surface area contributed by atoms with Crippen LogP contribution in [-0.2, 0) is 9.47 Å². The lowest BCUT2D eigenvalue weighted by Gasteiger charge is -2.23. The molecule has 0 aliphatic carbocycles. The summed E-state index contributed by atoms with van der Waals surface area (Å²) in [5, 5.41) is 14.6. The van der Waals surface area contributed by atoms with Crippen molar-refractivity contribution < 1.29 is 9.47 Å². The van der Waals surface area contributed by atoms with Crippen molar-refractivity contribution in [2.45, 2.75) is 26.2 Å². The van der Waals surface area contributed by atoms with Gasteiger partial charge in [-0.25, -0.2) is 4.68 Å². The van der Waals surface area contributed by atoms with E-state index in [9.17, 15) is 0 Å². The topological polar surface area (TPSA) is 74.1 Å². The van der Waals surface area contributed by atoms with Crippen LogP contribution in [0.25, 0.3) is 5.69 Å². The summed E-state index contributed by atoms with van der Waals surface area (Å²) in [7, 11) is 3.24. The van der Waals surface area contributed by atoms with Gasteiger partial charge in [-0.3, -0.25) is 0 Å². The number of aryl methyl sites for hydroxylation is 1. The van der Waals surface area contributed by atoms with Crippen molar-refractivity contribution in [3.05, 3.63) is 30.1 Å². The molecule has 0 amide bonds. The summed E-state index contributed by atoms with van der Waals surface area (Å²) in [6.45, 7) is 4.01. The van der Waals surface area contributed by atoms with Gasteiger partial charge in [-0.05, 0) is 42.0 Å². The van der Waals surface area contributed by atoms with Gasteiger partial charge in [0.1, 0.15) is 6.33 Å². The number of hydrogen-bond donors (Lipinski definition) is 1. The van der Waals surface area contributed by atoms with E-state index in [4.69, 9.17) is 9.47 Å². The molecule has 2 aromatic rings. The van der Waals surface area contributed by atoms with Crippen LogP contribution in [0.2, 0.25) is 0 Å². The van der Waals surface area contributed by atoms with E-state index in [2.05, 4.69) is 20.8 Å². The fourth-order valence-corrected chi connectivity index (χ4v) is 2.05.